The van der Waals surface area contributed by atoms with Crippen molar-refractivity contribution >= 4 is 5.82 Å². The van der Waals surface area contributed by atoms with Crippen molar-refractivity contribution in [3.05, 3.63) is 17.6 Å². The largest absolute Gasteiger partial charge is 0.357 e. The van der Waals surface area contributed by atoms with Crippen LogP contribution < -0.4 is 10.2 Å². The molecule has 0 aromatic carbocycles. The number of hydrogen-bond acceptors (Lipinski definition) is 4. The first-order valence-corrected chi connectivity index (χ1v) is 6.03. The van der Waals surface area contributed by atoms with E-state index in [1.807, 2.05) is 14.0 Å². The molecule has 1 aromatic heterocycles. The van der Waals surface area contributed by atoms with Crippen molar-refractivity contribution in [1.82, 2.24) is 15.3 Å². The molecule has 4 heteroatoms. The maximum Gasteiger partial charge on any atom is 0.132 e. The molecule has 2 heterocycles. The molecule has 1 aliphatic rings. The average Bonchev–Trinajstić information content (AvgIpc) is 2.30. The second-order valence-corrected chi connectivity index (χ2v) is 4.34. The van der Waals surface area contributed by atoms with Crippen molar-refractivity contribution < 1.29 is 0 Å². The normalized spacial score (nSPS) is 16.5. The molecule has 1 fully saturated rings. The maximum atomic E-state index is 4.53. The van der Waals surface area contributed by atoms with Gasteiger partial charge < -0.3 is 10.2 Å². The number of aromatic nitrogens is 2. The number of piperidine rings is 1. The van der Waals surface area contributed by atoms with Crippen LogP contribution in [0.5, 0.6) is 0 Å². The Labute approximate surface area is 97.1 Å². The van der Waals surface area contributed by atoms with Crippen LogP contribution in [-0.4, -0.2) is 30.1 Å². The van der Waals surface area contributed by atoms with Gasteiger partial charge in [-0.15, -0.1) is 0 Å². The van der Waals surface area contributed by atoms with Gasteiger partial charge in [-0.1, -0.05) is 0 Å². The zero-order chi connectivity index (χ0) is 11.4. The molecule has 0 aliphatic carbocycles. The zero-order valence-electron chi connectivity index (χ0n) is 10.2. The van der Waals surface area contributed by atoms with Gasteiger partial charge in [-0.25, -0.2) is 9.97 Å². The lowest BCUT2D eigenvalue weighted by atomic mass is 10.1. The highest BCUT2D eigenvalue weighted by atomic mass is 15.2. The fourth-order valence-electron chi connectivity index (χ4n) is 2.17. The second-order valence-electron chi connectivity index (χ2n) is 4.34. The molecule has 2 rings (SSSR count). The van der Waals surface area contributed by atoms with Crippen LogP contribution in [0.2, 0.25) is 0 Å². The van der Waals surface area contributed by atoms with E-state index < -0.39 is 0 Å². The van der Waals surface area contributed by atoms with Crippen LogP contribution in [0.4, 0.5) is 5.82 Å². The van der Waals surface area contributed by atoms with Crippen molar-refractivity contribution in [2.75, 3.05) is 25.0 Å². The van der Waals surface area contributed by atoms with Crippen LogP contribution in [0.1, 0.15) is 30.8 Å². The van der Waals surface area contributed by atoms with Crippen molar-refractivity contribution in [1.29, 1.82) is 0 Å². The topological polar surface area (TPSA) is 41.0 Å². The minimum absolute atomic E-state index is 0.810. The third kappa shape index (κ3) is 2.70. The van der Waals surface area contributed by atoms with Gasteiger partial charge in [-0.2, -0.15) is 0 Å². The number of anilines is 1. The Morgan fingerprint density at radius 2 is 2.00 bits per heavy atom. The van der Waals surface area contributed by atoms with E-state index in [2.05, 4.69) is 26.3 Å². The standard InChI is InChI=1S/C12H20N4/c1-10-14-11(9-13-2)8-12(15-10)16-6-4-3-5-7-16/h8,13H,3-7,9H2,1-2H3. The summed E-state index contributed by atoms with van der Waals surface area (Å²) in [5, 5.41) is 3.13. The molecule has 0 atom stereocenters. The highest BCUT2D eigenvalue weighted by Gasteiger charge is 2.13. The summed E-state index contributed by atoms with van der Waals surface area (Å²) in [7, 11) is 1.94. The first kappa shape index (κ1) is 11.3. The molecule has 0 bridgehead atoms. The Kier molecular flexibility index (Phi) is 3.72. The van der Waals surface area contributed by atoms with E-state index in [0.717, 1.165) is 37.0 Å². The molecule has 1 N–H and O–H groups in total. The number of nitrogens with one attached hydrogen (secondary N) is 1. The average molecular weight is 220 g/mol. The number of rotatable bonds is 3. The molecule has 0 amide bonds. The Balaban J connectivity index is 2.18. The molecule has 4 nitrogen and oxygen atoms in total. The highest BCUT2D eigenvalue weighted by molar-refractivity contribution is 5.40. The van der Waals surface area contributed by atoms with Gasteiger partial charge >= 0.3 is 0 Å². The maximum absolute atomic E-state index is 4.53. The summed E-state index contributed by atoms with van der Waals surface area (Å²) in [4.78, 5) is 11.3. The van der Waals surface area contributed by atoms with Gasteiger partial charge in [0, 0.05) is 25.7 Å². The third-order valence-electron chi connectivity index (χ3n) is 2.92. The van der Waals surface area contributed by atoms with Crippen molar-refractivity contribution in [2.24, 2.45) is 0 Å². The van der Waals surface area contributed by atoms with Crippen LogP contribution in [0.15, 0.2) is 6.07 Å². The molecular weight excluding hydrogens is 200 g/mol. The van der Waals surface area contributed by atoms with Gasteiger partial charge in [0.2, 0.25) is 0 Å². The third-order valence-corrected chi connectivity index (χ3v) is 2.92. The molecule has 1 aromatic rings. The molecule has 0 unspecified atom stereocenters. The second kappa shape index (κ2) is 5.25. The van der Waals surface area contributed by atoms with E-state index in [1.54, 1.807) is 0 Å². The van der Waals surface area contributed by atoms with Gasteiger partial charge in [-0.3, -0.25) is 0 Å². The summed E-state index contributed by atoms with van der Waals surface area (Å²) in [5.41, 5.74) is 1.08. The van der Waals surface area contributed by atoms with Crippen LogP contribution >= 0.6 is 0 Å². The summed E-state index contributed by atoms with van der Waals surface area (Å²) in [6.45, 7) is 5.04. The molecule has 1 aliphatic heterocycles. The number of nitrogens with zero attached hydrogens (tertiary/aromatic N) is 3. The van der Waals surface area contributed by atoms with Crippen LogP contribution in [0.3, 0.4) is 0 Å². The Hall–Kier alpha value is -1.16. The van der Waals surface area contributed by atoms with Gasteiger partial charge in [-0.05, 0) is 33.2 Å². The molecule has 0 saturated carbocycles. The zero-order valence-corrected chi connectivity index (χ0v) is 10.2. The first-order chi connectivity index (χ1) is 7.79. The minimum Gasteiger partial charge on any atom is -0.357 e. The monoisotopic (exact) mass is 220 g/mol. The molecule has 0 spiro atoms. The summed E-state index contributed by atoms with van der Waals surface area (Å²) in [5.74, 6) is 1.96. The van der Waals surface area contributed by atoms with Crippen molar-refractivity contribution in [2.45, 2.75) is 32.7 Å². The number of aryl methyl sites for hydroxylation is 1. The van der Waals surface area contributed by atoms with E-state index in [0.29, 0.717) is 0 Å². The summed E-state index contributed by atoms with van der Waals surface area (Å²) in [6, 6.07) is 2.11. The van der Waals surface area contributed by atoms with Gasteiger partial charge in [0.25, 0.3) is 0 Å². The SMILES string of the molecule is CNCc1cc(N2CCCCC2)nc(C)n1. The molecule has 0 radical (unpaired) electrons. The Bertz CT molecular complexity index is 345. The van der Waals surface area contributed by atoms with Gasteiger partial charge in [0.15, 0.2) is 0 Å². The minimum atomic E-state index is 0.810. The summed E-state index contributed by atoms with van der Waals surface area (Å²) >= 11 is 0. The quantitative estimate of drug-likeness (QED) is 0.838. The van der Waals surface area contributed by atoms with E-state index in [-0.39, 0.29) is 0 Å². The molecular formula is C12H20N4. The summed E-state index contributed by atoms with van der Waals surface area (Å²) in [6.07, 6.45) is 3.92. The van der Waals surface area contributed by atoms with Crippen molar-refractivity contribution in [3.63, 3.8) is 0 Å². The fraction of sp³-hybridized carbons (Fsp3) is 0.667. The van der Waals surface area contributed by atoms with Gasteiger partial charge in [0.05, 0.1) is 5.69 Å². The van der Waals surface area contributed by atoms with Crippen molar-refractivity contribution in [3.8, 4) is 0 Å². The first-order valence-electron chi connectivity index (χ1n) is 6.03. The lowest BCUT2D eigenvalue weighted by molar-refractivity contribution is 0.571. The van der Waals surface area contributed by atoms with Crippen LogP contribution in [-0.2, 0) is 6.54 Å². The molecule has 16 heavy (non-hydrogen) atoms. The predicted octanol–water partition coefficient (Wildman–Crippen LogP) is 1.49. The van der Waals surface area contributed by atoms with E-state index in [1.165, 1.54) is 19.3 Å². The highest BCUT2D eigenvalue weighted by Crippen LogP contribution is 2.18. The Morgan fingerprint density at radius 3 is 2.69 bits per heavy atom. The Morgan fingerprint density at radius 1 is 1.25 bits per heavy atom. The van der Waals surface area contributed by atoms with E-state index in [4.69, 9.17) is 0 Å². The van der Waals surface area contributed by atoms with E-state index >= 15 is 0 Å². The van der Waals surface area contributed by atoms with Crippen LogP contribution in [0, 0.1) is 6.92 Å². The lowest BCUT2D eigenvalue weighted by Gasteiger charge is -2.28. The van der Waals surface area contributed by atoms with Crippen LogP contribution in [0.25, 0.3) is 0 Å². The lowest BCUT2D eigenvalue weighted by Crippen LogP contribution is -2.30. The number of hydrogen-bond donors (Lipinski definition) is 1. The molecule has 88 valence electrons. The van der Waals surface area contributed by atoms with Gasteiger partial charge in [0.1, 0.15) is 11.6 Å². The fourth-order valence-corrected chi connectivity index (χ4v) is 2.17. The predicted molar refractivity (Wildman–Crippen MR) is 65.6 cm³/mol. The van der Waals surface area contributed by atoms with E-state index in [9.17, 15) is 0 Å². The molecule has 1 saturated heterocycles. The summed E-state index contributed by atoms with van der Waals surface area (Å²) < 4.78 is 0. The smallest absolute Gasteiger partial charge is 0.132 e.